The lowest BCUT2D eigenvalue weighted by Gasteiger charge is -2.14. The summed E-state index contributed by atoms with van der Waals surface area (Å²) < 4.78 is 37.6. The van der Waals surface area contributed by atoms with E-state index in [1.54, 1.807) is 12.1 Å². The van der Waals surface area contributed by atoms with Gasteiger partial charge in [0.1, 0.15) is 0 Å². The van der Waals surface area contributed by atoms with Crippen molar-refractivity contribution in [1.82, 2.24) is 9.62 Å². The van der Waals surface area contributed by atoms with Gasteiger partial charge in [-0.1, -0.05) is 6.07 Å². The molecular formula is C21H27BrN2O5S. The molecule has 9 heteroatoms. The molecule has 0 saturated heterocycles. The number of rotatable bonds is 10. The maximum absolute atomic E-state index is 12.5. The van der Waals surface area contributed by atoms with Crippen LogP contribution in [0.5, 0.6) is 11.5 Å². The molecule has 0 aromatic heterocycles. The molecule has 0 aliphatic carbocycles. The summed E-state index contributed by atoms with van der Waals surface area (Å²) >= 11 is 3.24. The molecule has 1 amide bonds. The van der Waals surface area contributed by atoms with Gasteiger partial charge in [0.2, 0.25) is 10.0 Å². The van der Waals surface area contributed by atoms with Crippen molar-refractivity contribution in [2.24, 2.45) is 0 Å². The Bertz CT molecular complexity index is 993. The zero-order valence-corrected chi connectivity index (χ0v) is 20.0. The Morgan fingerprint density at radius 2 is 1.70 bits per heavy atom. The van der Waals surface area contributed by atoms with Gasteiger partial charge in [-0.3, -0.25) is 4.79 Å². The lowest BCUT2D eigenvalue weighted by molar-refractivity contribution is 0.0954. The highest BCUT2D eigenvalue weighted by atomic mass is 79.9. The van der Waals surface area contributed by atoms with E-state index in [0.29, 0.717) is 42.2 Å². The SMILES string of the molecule is CCOc1ccc(CCNC(=O)c2ccc(Br)c(S(=O)(=O)N(C)C)c2)cc1OCC. The fraction of sp³-hybridized carbons (Fsp3) is 0.381. The highest BCUT2D eigenvalue weighted by Crippen LogP contribution is 2.29. The Labute approximate surface area is 186 Å². The Kier molecular flexibility index (Phi) is 8.69. The van der Waals surface area contributed by atoms with E-state index >= 15 is 0 Å². The molecule has 0 saturated carbocycles. The number of nitrogens with zero attached hydrogens (tertiary/aromatic N) is 1. The van der Waals surface area contributed by atoms with Crippen LogP contribution in [0.4, 0.5) is 0 Å². The van der Waals surface area contributed by atoms with E-state index in [2.05, 4.69) is 21.2 Å². The lowest BCUT2D eigenvalue weighted by atomic mass is 10.1. The van der Waals surface area contributed by atoms with E-state index in [1.807, 2.05) is 32.0 Å². The number of carbonyl (C=O) groups is 1. The Balaban J connectivity index is 2.07. The quantitative estimate of drug-likeness (QED) is 0.541. The summed E-state index contributed by atoms with van der Waals surface area (Å²) in [7, 11) is -0.773. The van der Waals surface area contributed by atoms with E-state index < -0.39 is 10.0 Å². The third-order valence-electron chi connectivity index (χ3n) is 4.26. The monoisotopic (exact) mass is 498 g/mol. The first-order valence-corrected chi connectivity index (χ1v) is 11.8. The van der Waals surface area contributed by atoms with Crippen molar-refractivity contribution < 1.29 is 22.7 Å². The summed E-state index contributed by atoms with van der Waals surface area (Å²) in [6.45, 7) is 5.29. The second kappa shape index (κ2) is 10.8. The number of nitrogens with one attached hydrogen (secondary N) is 1. The second-order valence-corrected chi connectivity index (χ2v) is 9.56. The standard InChI is InChI=1S/C21H27BrN2O5S/c1-5-28-18-10-7-15(13-19(18)29-6-2)11-12-23-21(25)16-8-9-17(22)20(14-16)30(26,27)24(3)4/h7-10,13-14H,5-6,11-12H2,1-4H3,(H,23,25). The van der Waals surface area contributed by atoms with Gasteiger partial charge in [0.15, 0.2) is 11.5 Å². The topological polar surface area (TPSA) is 84.9 Å². The van der Waals surface area contributed by atoms with Crippen molar-refractivity contribution in [2.45, 2.75) is 25.2 Å². The smallest absolute Gasteiger partial charge is 0.251 e. The first kappa shape index (κ1) is 24.2. The summed E-state index contributed by atoms with van der Waals surface area (Å²) in [5.74, 6) is 1.03. The van der Waals surface area contributed by atoms with Gasteiger partial charge in [0.25, 0.3) is 5.91 Å². The van der Waals surface area contributed by atoms with E-state index in [0.717, 1.165) is 9.87 Å². The number of ether oxygens (including phenoxy) is 2. The van der Waals surface area contributed by atoms with E-state index in [-0.39, 0.29) is 16.4 Å². The van der Waals surface area contributed by atoms with Crippen molar-refractivity contribution in [3.63, 3.8) is 0 Å². The van der Waals surface area contributed by atoms with Crippen LogP contribution in [-0.2, 0) is 16.4 Å². The van der Waals surface area contributed by atoms with Gasteiger partial charge in [0, 0.05) is 30.7 Å². The van der Waals surface area contributed by atoms with Crippen LogP contribution in [-0.4, -0.2) is 52.5 Å². The van der Waals surface area contributed by atoms with Crippen LogP contribution in [0.25, 0.3) is 0 Å². The van der Waals surface area contributed by atoms with Gasteiger partial charge in [-0.2, -0.15) is 0 Å². The fourth-order valence-electron chi connectivity index (χ4n) is 2.71. The van der Waals surface area contributed by atoms with Crippen LogP contribution in [0.15, 0.2) is 45.8 Å². The zero-order valence-electron chi connectivity index (χ0n) is 17.6. The van der Waals surface area contributed by atoms with E-state index in [4.69, 9.17) is 9.47 Å². The molecule has 2 aromatic carbocycles. The van der Waals surface area contributed by atoms with Crippen LogP contribution < -0.4 is 14.8 Å². The Morgan fingerprint density at radius 1 is 1.03 bits per heavy atom. The normalized spacial score (nSPS) is 11.4. The molecule has 0 atom stereocenters. The van der Waals surface area contributed by atoms with Gasteiger partial charge in [-0.05, 0) is 72.1 Å². The van der Waals surface area contributed by atoms with Crippen LogP contribution in [0.3, 0.4) is 0 Å². The van der Waals surface area contributed by atoms with Gasteiger partial charge < -0.3 is 14.8 Å². The van der Waals surface area contributed by atoms with Gasteiger partial charge in [0.05, 0.1) is 18.1 Å². The first-order valence-electron chi connectivity index (χ1n) is 9.59. The van der Waals surface area contributed by atoms with Crippen LogP contribution in [0.2, 0.25) is 0 Å². The molecular weight excluding hydrogens is 472 g/mol. The molecule has 0 spiro atoms. The van der Waals surface area contributed by atoms with E-state index in [9.17, 15) is 13.2 Å². The van der Waals surface area contributed by atoms with Crippen molar-refractivity contribution in [3.05, 3.63) is 52.0 Å². The van der Waals surface area contributed by atoms with Gasteiger partial charge >= 0.3 is 0 Å². The molecule has 0 heterocycles. The van der Waals surface area contributed by atoms with Crippen molar-refractivity contribution in [3.8, 4) is 11.5 Å². The number of carbonyl (C=O) groups excluding carboxylic acids is 1. The summed E-state index contributed by atoms with van der Waals surface area (Å²) in [6, 6.07) is 10.2. The fourth-order valence-corrected chi connectivity index (χ4v) is 4.56. The highest BCUT2D eigenvalue weighted by Gasteiger charge is 2.22. The highest BCUT2D eigenvalue weighted by molar-refractivity contribution is 9.10. The van der Waals surface area contributed by atoms with Gasteiger partial charge in [-0.15, -0.1) is 0 Å². The van der Waals surface area contributed by atoms with Crippen LogP contribution in [0, 0.1) is 0 Å². The van der Waals surface area contributed by atoms with Crippen LogP contribution >= 0.6 is 15.9 Å². The van der Waals surface area contributed by atoms with Crippen molar-refractivity contribution >= 4 is 31.9 Å². The minimum absolute atomic E-state index is 0.0491. The number of sulfonamides is 1. The first-order chi connectivity index (χ1) is 14.2. The molecule has 0 unspecified atom stereocenters. The summed E-state index contributed by atoms with van der Waals surface area (Å²) in [6.07, 6.45) is 0.595. The predicted molar refractivity (Wildman–Crippen MR) is 120 cm³/mol. The maximum Gasteiger partial charge on any atom is 0.251 e. The zero-order chi connectivity index (χ0) is 22.3. The minimum atomic E-state index is -3.67. The summed E-state index contributed by atoms with van der Waals surface area (Å²) in [5.41, 5.74) is 1.27. The molecule has 0 fully saturated rings. The van der Waals surface area contributed by atoms with Crippen molar-refractivity contribution in [1.29, 1.82) is 0 Å². The third-order valence-corrected chi connectivity index (χ3v) is 7.07. The minimum Gasteiger partial charge on any atom is -0.490 e. The second-order valence-electron chi connectivity index (χ2n) is 6.59. The van der Waals surface area contributed by atoms with Crippen molar-refractivity contribution in [2.75, 3.05) is 33.9 Å². The molecule has 2 rings (SSSR count). The lowest BCUT2D eigenvalue weighted by Crippen LogP contribution is -2.27. The third kappa shape index (κ3) is 5.96. The molecule has 0 bridgehead atoms. The number of hydrogen-bond acceptors (Lipinski definition) is 5. The molecule has 0 radical (unpaired) electrons. The Morgan fingerprint density at radius 3 is 2.33 bits per heavy atom. The molecule has 1 N–H and O–H groups in total. The number of halogens is 1. The van der Waals surface area contributed by atoms with Crippen LogP contribution in [0.1, 0.15) is 29.8 Å². The molecule has 2 aromatic rings. The summed E-state index contributed by atoms with van der Waals surface area (Å²) in [4.78, 5) is 12.6. The van der Waals surface area contributed by atoms with Gasteiger partial charge in [-0.25, -0.2) is 12.7 Å². The largest absolute Gasteiger partial charge is 0.490 e. The van der Waals surface area contributed by atoms with E-state index in [1.165, 1.54) is 20.2 Å². The molecule has 0 aliphatic rings. The molecule has 0 aliphatic heterocycles. The maximum atomic E-state index is 12.5. The average molecular weight is 499 g/mol. The molecule has 164 valence electrons. The molecule has 30 heavy (non-hydrogen) atoms. The number of benzene rings is 2. The predicted octanol–water partition coefficient (Wildman–Crippen LogP) is 3.47. The molecule has 7 nitrogen and oxygen atoms in total. The number of amides is 1. The average Bonchev–Trinajstić information content (AvgIpc) is 2.70. The summed E-state index contributed by atoms with van der Waals surface area (Å²) in [5, 5.41) is 2.83. The number of hydrogen-bond donors (Lipinski definition) is 1. The Hall–Kier alpha value is -2.10.